The summed E-state index contributed by atoms with van der Waals surface area (Å²) >= 11 is 6.11. The molecule has 2 rings (SSSR count). The third-order valence-corrected chi connectivity index (χ3v) is 3.37. The number of anilines is 1. The maximum Gasteiger partial charge on any atom is 0.322 e. The maximum atomic E-state index is 12.3. The number of benzene rings is 1. The van der Waals surface area contributed by atoms with Gasteiger partial charge in [-0.3, -0.25) is 0 Å². The van der Waals surface area contributed by atoms with E-state index in [0.717, 1.165) is 5.56 Å². The summed E-state index contributed by atoms with van der Waals surface area (Å²) in [6.07, 6.45) is 1.62. The molecule has 0 aliphatic rings. The third kappa shape index (κ3) is 4.11. The minimum Gasteiger partial charge on any atom is -0.476 e. The molecule has 0 aliphatic heterocycles. The Morgan fingerprint density at radius 2 is 2.09 bits per heavy atom. The zero-order chi connectivity index (χ0) is 15.9. The molecule has 0 bridgehead atoms. The molecule has 1 aromatic carbocycles. The Labute approximate surface area is 134 Å². The molecule has 1 aromatic heterocycles. The van der Waals surface area contributed by atoms with Gasteiger partial charge in [0.15, 0.2) is 0 Å². The van der Waals surface area contributed by atoms with Crippen LogP contribution in [0.25, 0.3) is 0 Å². The van der Waals surface area contributed by atoms with Crippen molar-refractivity contribution in [2.75, 3.05) is 19.0 Å². The van der Waals surface area contributed by atoms with Crippen LogP contribution in [0.2, 0.25) is 5.02 Å². The number of pyridine rings is 1. The monoisotopic (exact) mass is 319 g/mol. The van der Waals surface area contributed by atoms with E-state index in [9.17, 15) is 4.79 Å². The summed E-state index contributed by atoms with van der Waals surface area (Å²) in [7, 11) is 1.70. The highest BCUT2D eigenvalue weighted by molar-refractivity contribution is 6.31. The van der Waals surface area contributed by atoms with Crippen LogP contribution in [-0.2, 0) is 6.54 Å². The normalized spacial score (nSPS) is 10.1. The molecule has 0 unspecified atom stereocenters. The quantitative estimate of drug-likeness (QED) is 0.912. The Morgan fingerprint density at radius 1 is 1.32 bits per heavy atom. The first-order valence-corrected chi connectivity index (χ1v) is 7.33. The molecule has 5 nitrogen and oxygen atoms in total. The number of aromatic nitrogens is 1. The van der Waals surface area contributed by atoms with Crippen LogP contribution in [0.3, 0.4) is 0 Å². The van der Waals surface area contributed by atoms with Gasteiger partial charge in [-0.05, 0) is 30.7 Å². The molecule has 0 fully saturated rings. The molecule has 0 atom stereocenters. The van der Waals surface area contributed by atoms with Crippen molar-refractivity contribution >= 4 is 23.3 Å². The lowest BCUT2D eigenvalue weighted by atomic mass is 10.2. The minimum absolute atomic E-state index is 0.256. The van der Waals surface area contributed by atoms with Gasteiger partial charge in [-0.2, -0.15) is 0 Å². The summed E-state index contributed by atoms with van der Waals surface area (Å²) in [5, 5.41) is 3.43. The van der Waals surface area contributed by atoms with Gasteiger partial charge in [0.1, 0.15) is 5.69 Å². The molecule has 0 spiro atoms. The van der Waals surface area contributed by atoms with Crippen molar-refractivity contribution in [2.24, 2.45) is 0 Å². The first kappa shape index (κ1) is 16.1. The van der Waals surface area contributed by atoms with E-state index in [-0.39, 0.29) is 6.03 Å². The van der Waals surface area contributed by atoms with E-state index in [1.807, 2.05) is 25.1 Å². The summed E-state index contributed by atoms with van der Waals surface area (Å²) in [6.45, 7) is 2.76. The lowest BCUT2D eigenvalue weighted by Crippen LogP contribution is -2.31. The van der Waals surface area contributed by atoms with E-state index in [1.54, 1.807) is 36.3 Å². The second-order valence-electron chi connectivity index (χ2n) is 4.67. The van der Waals surface area contributed by atoms with Crippen LogP contribution in [0.5, 0.6) is 5.88 Å². The molecular weight excluding hydrogens is 302 g/mol. The van der Waals surface area contributed by atoms with Crippen LogP contribution < -0.4 is 10.1 Å². The van der Waals surface area contributed by atoms with Gasteiger partial charge >= 0.3 is 6.03 Å². The second kappa shape index (κ2) is 7.66. The number of ether oxygens (including phenoxy) is 1. The van der Waals surface area contributed by atoms with E-state index in [0.29, 0.717) is 29.7 Å². The first-order valence-electron chi connectivity index (χ1n) is 6.95. The SMILES string of the molecule is CCOc1ncccc1NC(=O)N(C)Cc1ccccc1Cl. The lowest BCUT2D eigenvalue weighted by Gasteiger charge is -2.19. The van der Waals surface area contributed by atoms with E-state index < -0.39 is 0 Å². The highest BCUT2D eigenvalue weighted by Gasteiger charge is 2.13. The molecule has 22 heavy (non-hydrogen) atoms. The summed E-state index contributed by atoms with van der Waals surface area (Å²) in [6, 6.07) is 10.7. The van der Waals surface area contributed by atoms with Crippen LogP contribution in [0.1, 0.15) is 12.5 Å². The fraction of sp³-hybridized carbons (Fsp3) is 0.250. The molecular formula is C16H18ClN3O2. The average molecular weight is 320 g/mol. The zero-order valence-electron chi connectivity index (χ0n) is 12.5. The largest absolute Gasteiger partial charge is 0.476 e. The third-order valence-electron chi connectivity index (χ3n) is 3.01. The molecule has 0 saturated heterocycles. The van der Waals surface area contributed by atoms with E-state index in [1.165, 1.54) is 0 Å². The molecule has 0 aliphatic carbocycles. The number of carbonyl (C=O) groups is 1. The number of carbonyl (C=O) groups excluding carboxylic acids is 1. The van der Waals surface area contributed by atoms with Crippen LogP contribution in [0.4, 0.5) is 10.5 Å². The van der Waals surface area contributed by atoms with Crippen molar-refractivity contribution in [2.45, 2.75) is 13.5 Å². The van der Waals surface area contributed by atoms with Crippen molar-refractivity contribution in [1.29, 1.82) is 0 Å². The Morgan fingerprint density at radius 3 is 2.82 bits per heavy atom. The van der Waals surface area contributed by atoms with Crippen LogP contribution >= 0.6 is 11.6 Å². The molecule has 6 heteroatoms. The summed E-state index contributed by atoms with van der Waals surface area (Å²) < 4.78 is 5.39. The van der Waals surface area contributed by atoms with Gasteiger partial charge in [-0.1, -0.05) is 29.8 Å². The van der Waals surface area contributed by atoms with Gasteiger partial charge in [0.2, 0.25) is 5.88 Å². The molecule has 0 saturated carbocycles. The molecule has 0 radical (unpaired) electrons. The number of rotatable bonds is 5. The summed E-state index contributed by atoms with van der Waals surface area (Å²) in [4.78, 5) is 17.9. The Kier molecular flexibility index (Phi) is 5.61. The lowest BCUT2D eigenvalue weighted by molar-refractivity contribution is 0.220. The van der Waals surface area contributed by atoms with Gasteiger partial charge in [-0.25, -0.2) is 9.78 Å². The number of halogens is 1. The highest BCUT2D eigenvalue weighted by atomic mass is 35.5. The van der Waals surface area contributed by atoms with Gasteiger partial charge in [0.25, 0.3) is 0 Å². The second-order valence-corrected chi connectivity index (χ2v) is 5.07. The van der Waals surface area contributed by atoms with Crippen molar-refractivity contribution in [3.05, 3.63) is 53.2 Å². The Balaban J connectivity index is 2.04. The smallest absolute Gasteiger partial charge is 0.322 e. The van der Waals surface area contributed by atoms with Gasteiger partial charge in [0.05, 0.1) is 6.61 Å². The Hall–Kier alpha value is -2.27. The van der Waals surface area contributed by atoms with E-state index >= 15 is 0 Å². The van der Waals surface area contributed by atoms with E-state index in [2.05, 4.69) is 10.3 Å². The van der Waals surface area contributed by atoms with Crippen LogP contribution in [-0.4, -0.2) is 29.6 Å². The average Bonchev–Trinajstić information content (AvgIpc) is 2.51. The van der Waals surface area contributed by atoms with E-state index in [4.69, 9.17) is 16.3 Å². The fourth-order valence-electron chi connectivity index (χ4n) is 1.90. The number of amides is 2. The molecule has 1 N–H and O–H groups in total. The van der Waals surface area contributed by atoms with Crippen molar-refractivity contribution in [3.8, 4) is 5.88 Å². The van der Waals surface area contributed by atoms with Gasteiger partial charge in [0, 0.05) is 24.8 Å². The topological polar surface area (TPSA) is 54.5 Å². The molecule has 1 heterocycles. The number of hydrogen-bond acceptors (Lipinski definition) is 3. The first-order chi connectivity index (χ1) is 10.6. The molecule has 2 aromatic rings. The van der Waals surface area contributed by atoms with Crippen LogP contribution in [0.15, 0.2) is 42.6 Å². The van der Waals surface area contributed by atoms with Gasteiger partial charge in [-0.15, -0.1) is 0 Å². The Bertz CT molecular complexity index is 649. The molecule has 116 valence electrons. The predicted octanol–water partition coefficient (Wildman–Crippen LogP) is 3.80. The van der Waals surface area contributed by atoms with Crippen molar-refractivity contribution < 1.29 is 9.53 Å². The fourth-order valence-corrected chi connectivity index (χ4v) is 2.10. The number of nitrogens with zero attached hydrogens (tertiary/aromatic N) is 2. The summed E-state index contributed by atoms with van der Waals surface area (Å²) in [5.74, 6) is 0.407. The molecule has 2 amide bonds. The van der Waals surface area contributed by atoms with Crippen molar-refractivity contribution in [1.82, 2.24) is 9.88 Å². The van der Waals surface area contributed by atoms with Gasteiger partial charge < -0.3 is 15.0 Å². The zero-order valence-corrected chi connectivity index (χ0v) is 13.3. The summed E-state index contributed by atoms with van der Waals surface area (Å²) in [5.41, 5.74) is 1.43. The standard InChI is InChI=1S/C16H18ClN3O2/c1-3-22-15-14(9-6-10-18-15)19-16(21)20(2)11-12-7-4-5-8-13(12)17/h4-10H,3,11H2,1-2H3,(H,19,21). The predicted molar refractivity (Wildman–Crippen MR) is 87.3 cm³/mol. The number of hydrogen-bond donors (Lipinski definition) is 1. The highest BCUT2D eigenvalue weighted by Crippen LogP contribution is 2.21. The maximum absolute atomic E-state index is 12.3. The van der Waals surface area contributed by atoms with Crippen molar-refractivity contribution in [3.63, 3.8) is 0 Å². The number of urea groups is 1. The minimum atomic E-state index is -0.256. The van der Waals surface area contributed by atoms with Crippen LogP contribution in [0, 0.1) is 0 Å². The number of nitrogens with one attached hydrogen (secondary N) is 1.